The van der Waals surface area contributed by atoms with Crippen molar-refractivity contribution >= 4 is 17.3 Å². The molecule has 0 atom stereocenters. The third-order valence-corrected chi connectivity index (χ3v) is 3.71. The highest BCUT2D eigenvalue weighted by atomic mass is 32.1. The lowest BCUT2D eigenvalue weighted by molar-refractivity contribution is 0.364. The largest absolute Gasteiger partial charge is 0.355 e. The van der Waals surface area contributed by atoms with Crippen molar-refractivity contribution in [1.82, 2.24) is 9.80 Å². The van der Waals surface area contributed by atoms with Gasteiger partial charge in [-0.25, -0.2) is 0 Å². The molecule has 0 fully saturated rings. The Labute approximate surface area is 126 Å². The Morgan fingerprint density at radius 3 is 1.55 bits per heavy atom. The number of thiocarbonyl (C=S) groups is 1. The first kappa shape index (κ1) is 14.5. The molecule has 0 saturated heterocycles. The van der Waals surface area contributed by atoms with E-state index in [4.69, 9.17) is 12.2 Å². The minimum atomic E-state index is 0.826. The zero-order valence-corrected chi connectivity index (χ0v) is 12.8. The van der Waals surface area contributed by atoms with Crippen LogP contribution in [0, 0.1) is 0 Å². The average Bonchev–Trinajstić information content (AvgIpc) is 2.48. The Morgan fingerprint density at radius 1 is 0.800 bits per heavy atom. The predicted octanol–water partition coefficient (Wildman–Crippen LogP) is 3.54. The van der Waals surface area contributed by atoms with Crippen molar-refractivity contribution in [2.75, 3.05) is 14.1 Å². The molecule has 2 aromatic carbocycles. The Morgan fingerprint density at radius 2 is 1.20 bits per heavy atom. The molecule has 0 N–H and O–H groups in total. The van der Waals surface area contributed by atoms with Gasteiger partial charge in [-0.15, -0.1) is 0 Å². The molecule has 0 aromatic heterocycles. The van der Waals surface area contributed by atoms with E-state index in [0.717, 1.165) is 18.2 Å². The van der Waals surface area contributed by atoms with Crippen LogP contribution in [0.5, 0.6) is 0 Å². The Hall–Kier alpha value is -1.87. The molecular weight excluding hydrogens is 264 g/mol. The van der Waals surface area contributed by atoms with E-state index >= 15 is 0 Å². The van der Waals surface area contributed by atoms with Crippen LogP contribution in [-0.2, 0) is 13.1 Å². The second-order valence-electron chi connectivity index (χ2n) is 5.00. The quantitative estimate of drug-likeness (QED) is 0.793. The molecule has 0 spiro atoms. The third kappa shape index (κ3) is 4.07. The fourth-order valence-electron chi connectivity index (χ4n) is 2.08. The van der Waals surface area contributed by atoms with E-state index in [-0.39, 0.29) is 0 Å². The first-order valence-corrected chi connectivity index (χ1v) is 7.11. The Balaban J connectivity index is 2.15. The van der Waals surface area contributed by atoms with Crippen LogP contribution in [-0.4, -0.2) is 29.0 Å². The van der Waals surface area contributed by atoms with Crippen LogP contribution in [0.3, 0.4) is 0 Å². The lowest BCUT2D eigenvalue weighted by Gasteiger charge is -2.29. The fraction of sp³-hybridized carbons (Fsp3) is 0.235. The summed E-state index contributed by atoms with van der Waals surface area (Å²) in [5, 5.41) is 0.859. The summed E-state index contributed by atoms with van der Waals surface area (Å²) >= 11 is 5.55. The van der Waals surface area contributed by atoms with Crippen molar-refractivity contribution < 1.29 is 0 Å². The van der Waals surface area contributed by atoms with Crippen LogP contribution < -0.4 is 0 Å². The second-order valence-corrected chi connectivity index (χ2v) is 5.37. The SMILES string of the molecule is CN(C)C(=S)N(Cc1ccccc1)Cc1ccccc1. The van der Waals surface area contributed by atoms with Crippen molar-refractivity contribution in [1.29, 1.82) is 0 Å². The molecule has 3 heteroatoms. The van der Waals surface area contributed by atoms with Gasteiger partial charge in [-0.3, -0.25) is 0 Å². The van der Waals surface area contributed by atoms with Gasteiger partial charge in [0.1, 0.15) is 0 Å². The van der Waals surface area contributed by atoms with Crippen molar-refractivity contribution in [2.24, 2.45) is 0 Å². The second kappa shape index (κ2) is 7.06. The summed E-state index contributed by atoms with van der Waals surface area (Å²) in [6, 6.07) is 20.9. The van der Waals surface area contributed by atoms with Crippen molar-refractivity contribution in [2.45, 2.75) is 13.1 Å². The van der Waals surface area contributed by atoms with E-state index in [0.29, 0.717) is 0 Å². The van der Waals surface area contributed by atoms with Crippen LogP contribution in [0.2, 0.25) is 0 Å². The minimum Gasteiger partial charge on any atom is -0.355 e. The number of nitrogens with zero attached hydrogens (tertiary/aromatic N) is 2. The zero-order chi connectivity index (χ0) is 14.4. The van der Waals surface area contributed by atoms with Gasteiger partial charge in [0.15, 0.2) is 5.11 Å². The number of benzene rings is 2. The van der Waals surface area contributed by atoms with Gasteiger partial charge < -0.3 is 9.80 Å². The third-order valence-electron chi connectivity index (χ3n) is 3.09. The maximum absolute atomic E-state index is 5.55. The normalized spacial score (nSPS) is 10.1. The first-order valence-electron chi connectivity index (χ1n) is 6.71. The molecule has 0 unspecified atom stereocenters. The highest BCUT2D eigenvalue weighted by Crippen LogP contribution is 2.11. The molecule has 0 heterocycles. The van der Waals surface area contributed by atoms with Crippen LogP contribution in [0.4, 0.5) is 0 Å². The standard InChI is InChI=1S/C17H20N2S/c1-18(2)17(20)19(13-15-9-5-3-6-10-15)14-16-11-7-4-8-12-16/h3-12H,13-14H2,1-2H3. The molecule has 2 nitrogen and oxygen atoms in total. The highest BCUT2D eigenvalue weighted by Gasteiger charge is 2.12. The van der Waals surface area contributed by atoms with E-state index in [1.54, 1.807) is 0 Å². The molecule has 0 radical (unpaired) electrons. The Bertz CT molecular complexity index is 496. The van der Waals surface area contributed by atoms with Gasteiger partial charge >= 0.3 is 0 Å². The van der Waals surface area contributed by atoms with E-state index in [2.05, 4.69) is 53.4 Å². The lowest BCUT2D eigenvalue weighted by atomic mass is 10.2. The van der Waals surface area contributed by atoms with Crippen LogP contribution in [0.15, 0.2) is 60.7 Å². The minimum absolute atomic E-state index is 0.826. The molecule has 20 heavy (non-hydrogen) atoms. The summed E-state index contributed by atoms with van der Waals surface area (Å²) in [6.45, 7) is 1.65. The molecule has 0 aliphatic rings. The lowest BCUT2D eigenvalue weighted by Crippen LogP contribution is -2.38. The summed E-state index contributed by atoms with van der Waals surface area (Å²) in [4.78, 5) is 4.21. The topological polar surface area (TPSA) is 6.48 Å². The fourth-order valence-corrected chi connectivity index (χ4v) is 2.21. The van der Waals surface area contributed by atoms with E-state index in [1.165, 1.54) is 11.1 Å². The molecule has 0 saturated carbocycles. The molecule has 104 valence electrons. The smallest absolute Gasteiger partial charge is 0.171 e. The zero-order valence-electron chi connectivity index (χ0n) is 12.0. The molecular formula is C17H20N2S. The van der Waals surface area contributed by atoms with Crippen molar-refractivity contribution in [3.63, 3.8) is 0 Å². The van der Waals surface area contributed by atoms with Crippen LogP contribution in [0.1, 0.15) is 11.1 Å². The van der Waals surface area contributed by atoms with Gasteiger partial charge in [-0.1, -0.05) is 60.7 Å². The molecule has 0 bridgehead atoms. The number of hydrogen-bond acceptors (Lipinski definition) is 1. The van der Waals surface area contributed by atoms with E-state index in [1.807, 2.05) is 31.1 Å². The number of rotatable bonds is 4. The summed E-state index contributed by atoms with van der Waals surface area (Å²) < 4.78 is 0. The molecule has 0 amide bonds. The van der Waals surface area contributed by atoms with Crippen molar-refractivity contribution in [3.05, 3.63) is 71.8 Å². The van der Waals surface area contributed by atoms with E-state index < -0.39 is 0 Å². The van der Waals surface area contributed by atoms with Crippen molar-refractivity contribution in [3.8, 4) is 0 Å². The summed E-state index contributed by atoms with van der Waals surface area (Å²) in [6.07, 6.45) is 0. The number of hydrogen-bond donors (Lipinski definition) is 0. The summed E-state index contributed by atoms with van der Waals surface area (Å²) in [7, 11) is 3.98. The maximum Gasteiger partial charge on any atom is 0.171 e. The first-order chi connectivity index (χ1) is 9.66. The summed E-state index contributed by atoms with van der Waals surface area (Å²) in [5.74, 6) is 0. The van der Waals surface area contributed by atoms with Gasteiger partial charge in [0.2, 0.25) is 0 Å². The highest BCUT2D eigenvalue weighted by molar-refractivity contribution is 7.80. The monoisotopic (exact) mass is 284 g/mol. The molecule has 2 rings (SSSR count). The van der Waals surface area contributed by atoms with Gasteiger partial charge in [0.05, 0.1) is 0 Å². The summed E-state index contributed by atoms with van der Waals surface area (Å²) in [5.41, 5.74) is 2.54. The molecule has 2 aromatic rings. The molecule has 0 aliphatic heterocycles. The van der Waals surface area contributed by atoms with Gasteiger partial charge in [0, 0.05) is 27.2 Å². The van der Waals surface area contributed by atoms with Crippen LogP contribution in [0.25, 0.3) is 0 Å². The Kier molecular flexibility index (Phi) is 5.13. The van der Waals surface area contributed by atoms with Gasteiger partial charge in [-0.2, -0.15) is 0 Å². The van der Waals surface area contributed by atoms with E-state index in [9.17, 15) is 0 Å². The maximum atomic E-state index is 5.55. The predicted molar refractivity (Wildman–Crippen MR) is 88.4 cm³/mol. The van der Waals surface area contributed by atoms with Crippen LogP contribution >= 0.6 is 12.2 Å². The van der Waals surface area contributed by atoms with Gasteiger partial charge in [-0.05, 0) is 23.3 Å². The average molecular weight is 284 g/mol. The van der Waals surface area contributed by atoms with Gasteiger partial charge in [0.25, 0.3) is 0 Å². The molecule has 0 aliphatic carbocycles.